The number of aliphatic hydroxyl groups is 1. The van der Waals surface area contributed by atoms with Crippen LogP contribution in [0.15, 0.2) is 47.8 Å². The van der Waals surface area contributed by atoms with E-state index in [9.17, 15) is 13.9 Å². The molecule has 1 aromatic heterocycles. The first-order valence-electron chi connectivity index (χ1n) is 9.51. The first kappa shape index (κ1) is 19.9. The molecule has 1 aliphatic rings. The molecule has 4 rings (SSSR count). The fourth-order valence-corrected chi connectivity index (χ4v) is 4.25. The van der Waals surface area contributed by atoms with Crippen LogP contribution in [0.2, 0.25) is 0 Å². The summed E-state index contributed by atoms with van der Waals surface area (Å²) in [5, 5.41) is 16.9. The monoisotopic (exact) mass is 416 g/mol. The molecule has 7 heteroatoms. The number of benzene rings is 2. The number of ether oxygens (including phenoxy) is 1. The zero-order valence-electron chi connectivity index (χ0n) is 15.9. The Bertz CT molecular complexity index is 977. The highest BCUT2D eigenvalue weighted by Gasteiger charge is 2.33. The second kappa shape index (κ2) is 8.57. The largest absolute Gasteiger partial charge is 0.393 e. The van der Waals surface area contributed by atoms with Gasteiger partial charge in [-0.05, 0) is 43.2 Å². The van der Waals surface area contributed by atoms with E-state index >= 15 is 0 Å². The molecule has 2 N–H and O–H groups in total. The third-order valence-corrected chi connectivity index (χ3v) is 5.99. The summed E-state index contributed by atoms with van der Waals surface area (Å²) in [6.45, 7) is 2.80. The Balaban J connectivity index is 1.61. The lowest BCUT2D eigenvalue weighted by molar-refractivity contribution is -0.0424. The number of hydrogen-bond donors (Lipinski definition) is 2. The molecule has 0 spiro atoms. The molecule has 0 bridgehead atoms. The number of aryl methyl sites for hydroxylation is 1. The number of hydrogen-bond acceptors (Lipinski definition) is 5. The van der Waals surface area contributed by atoms with Crippen LogP contribution in [0.5, 0.6) is 0 Å². The summed E-state index contributed by atoms with van der Waals surface area (Å²) >= 11 is 1.60. The van der Waals surface area contributed by atoms with Gasteiger partial charge in [-0.25, -0.2) is 13.8 Å². The van der Waals surface area contributed by atoms with Gasteiger partial charge in [-0.15, -0.1) is 11.3 Å². The van der Waals surface area contributed by atoms with Gasteiger partial charge in [-0.3, -0.25) is 0 Å². The minimum atomic E-state index is -0.908. The van der Waals surface area contributed by atoms with E-state index in [2.05, 4.69) is 10.3 Å². The van der Waals surface area contributed by atoms with Crippen LogP contribution in [0, 0.1) is 24.5 Å². The topological polar surface area (TPSA) is 54.4 Å². The number of aliphatic hydroxyl groups excluding tert-OH is 1. The average Bonchev–Trinajstić information content (AvgIpc) is 3.16. The standard InChI is InChI=1S/C22H22F2N2O2S/c1-13-25-20(12-29-13)14-2-5-16(6-3-14)26-22(17-11-28-9-8-21(17)27)15-4-7-18(23)19(24)10-15/h2-7,10,12,17,21-22,26-27H,8-9,11H2,1H3/t17-,21+,22-/m1/s1. The van der Waals surface area contributed by atoms with Crippen LogP contribution in [-0.4, -0.2) is 29.4 Å². The minimum absolute atomic E-state index is 0.283. The van der Waals surface area contributed by atoms with Crippen molar-refractivity contribution >= 4 is 17.0 Å². The molecule has 1 aliphatic heterocycles. The van der Waals surface area contributed by atoms with Crippen molar-refractivity contribution in [3.05, 3.63) is 70.1 Å². The van der Waals surface area contributed by atoms with Gasteiger partial charge in [-0.2, -0.15) is 0 Å². The number of nitrogens with zero attached hydrogens (tertiary/aromatic N) is 1. The van der Waals surface area contributed by atoms with Gasteiger partial charge >= 0.3 is 0 Å². The minimum Gasteiger partial charge on any atom is -0.393 e. The van der Waals surface area contributed by atoms with Crippen molar-refractivity contribution in [2.75, 3.05) is 18.5 Å². The molecule has 2 aromatic carbocycles. The SMILES string of the molecule is Cc1nc(-c2ccc(N[C@H](c3ccc(F)c(F)c3)[C@@H]3COCC[C@@H]3O)cc2)cs1. The summed E-state index contributed by atoms with van der Waals surface area (Å²) in [7, 11) is 0. The van der Waals surface area contributed by atoms with E-state index in [4.69, 9.17) is 4.74 Å². The van der Waals surface area contributed by atoms with Crippen molar-refractivity contribution in [1.29, 1.82) is 0 Å². The molecular weight excluding hydrogens is 394 g/mol. The molecule has 0 saturated carbocycles. The molecule has 3 aromatic rings. The molecule has 3 atom stereocenters. The molecule has 4 nitrogen and oxygen atoms in total. The van der Waals surface area contributed by atoms with Crippen LogP contribution in [-0.2, 0) is 4.74 Å². The summed E-state index contributed by atoms with van der Waals surface area (Å²) in [4.78, 5) is 4.49. The van der Waals surface area contributed by atoms with E-state index in [1.165, 1.54) is 6.07 Å². The fraction of sp³-hybridized carbons (Fsp3) is 0.318. The van der Waals surface area contributed by atoms with E-state index < -0.39 is 23.8 Å². The number of anilines is 1. The van der Waals surface area contributed by atoms with E-state index in [0.717, 1.165) is 28.0 Å². The number of rotatable bonds is 5. The first-order valence-corrected chi connectivity index (χ1v) is 10.4. The van der Waals surface area contributed by atoms with Gasteiger partial charge in [0.2, 0.25) is 0 Å². The second-order valence-corrected chi connectivity index (χ2v) is 8.28. The van der Waals surface area contributed by atoms with Gasteiger partial charge in [0, 0.05) is 29.2 Å². The van der Waals surface area contributed by atoms with E-state index in [0.29, 0.717) is 25.2 Å². The van der Waals surface area contributed by atoms with Crippen LogP contribution in [0.1, 0.15) is 23.0 Å². The van der Waals surface area contributed by atoms with Crippen LogP contribution in [0.4, 0.5) is 14.5 Å². The molecule has 0 radical (unpaired) electrons. The highest BCUT2D eigenvalue weighted by atomic mass is 32.1. The van der Waals surface area contributed by atoms with Gasteiger partial charge in [0.1, 0.15) is 0 Å². The summed E-state index contributed by atoms with van der Waals surface area (Å²) < 4.78 is 32.9. The third kappa shape index (κ3) is 4.47. The highest BCUT2D eigenvalue weighted by Crippen LogP contribution is 2.34. The van der Waals surface area contributed by atoms with Crippen molar-refractivity contribution in [3.8, 4) is 11.3 Å². The van der Waals surface area contributed by atoms with E-state index in [-0.39, 0.29) is 5.92 Å². The van der Waals surface area contributed by atoms with Crippen molar-refractivity contribution in [1.82, 2.24) is 4.98 Å². The molecule has 1 fully saturated rings. The molecule has 29 heavy (non-hydrogen) atoms. The maximum atomic E-state index is 13.9. The normalized spacial score (nSPS) is 20.4. The molecule has 0 amide bonds. The molecule has 0 unspecified atom stereocenters. The quantitative estimate of drug-likeness (QED) is 0.618. The Labute approximate surface area is 172 Å². The van der Waals surface area contributed by atoms with Crippen LogP contribution in [0.3, 0.4) is 0 Å². The number of aromatic nitrogens is 1. The van der Waals surface area contributed by atoms with Gasteiger partial charge in [0.15, 0.2) is 11.6 Å². The van der Waals surface area contributed by atoms with Crippen LogP contribution in [0.25, 0.3) is 11.3 Å². The Morgan fingerprint density at radius 2 is 1.97 bits per heavy atom. The average molecular weight is 416 g/mol. The molecular formula is C22H22F2N2O2S. The van der Waals surface area contributed by atoms with Gasteiger partial charge < -0.3 is 15.2 Å². The number of nitrogens with one attached hydrogen (secondary N) is 1. The molecule has 152 valence electrons. The summed E-state index contributed by atoms with van der Waals surface area (Å²) in [6.07, 6.45) is -0.0825. The summed E-state index contributed by atoms with van der Waals surface area (Å²) in [5.41, 5.74) is 3.31. The van der Waals surface area contributed by atoms with Crippen molar-refractivity contribution in [2.45, 2.75) is 25.5 Å². The summed E-state index contributed by atoms with van der Waals surface area (Å²) in [5.74, 6) is -2.08. The van der Waals surface area contributed by atoms with Crippen molar-refractivity contribution < 1.29 is 18.6 Å². The van der Waals surface area contributed by atoms with Crippen LogP contribution >= 0.6 is 11.3 Å². The third-order valence-electron chi connectivity index (χ3n) is 5.22. The summed E-state index contributed by atoms with van der Waals surface area (Å²) in [6, 6.07) is 11.2. The van der Waals surface area contributed by atoms with Gasteiger partial charge in [0.05, 0.1) is 29.5 Å². The molecule has 2 heterocycles. The van der Waals surface area contributed by atoms with E-state index in [1.54, 1.807) is 17.4 Å². The van der Waals surface area contributed by atoms with Crippen LogP contribution < -0.4 is 5.32 Å². The Morgan fingerprint density at radius 1 is 1.17 bits per heavy atom. The van der Waals surface area contributed by atoms with Crippen molar-refractivity contribution in [2.24, 2.45) is 5.92 Å². The predicted molar refractivity (Wildman–Crippen MR) is 110 cm³/mol. The lowest BCUT2D eigenvalue weighted by Crippen LogP contribution is -2.38. The van der Waals surface area contributed by atoms with E-state index in [1.807, 2.05) is 36.6 Å². The number of thiazole rings is 1. The maximum Gasteiger partial charge on any atom is 0.159 e. The van der Waals surface area contributed by atoms with Crippen molar-refractivity contribution in [3.63, 3.8) is 0 Å². The fourth-order valence-electron chi connectivity index (χ4n) is 3.62. The molecule has 1 saturated heterocycles. The Hall–Kier alpha value is -2.35. The second-order valence-electron chi connectivity index (χ2n) is 7.22. The lowest BCUT2D eigenvalue weighted by atomic mass is 9.86. The zero-order valence-corrected chi connectivity index (χ0v) is 16.8. The lowest BCUT2D eigenvalue weighted by Gasteiger charge is -2.35. The Kier molecular flexibility index (Phi) is 5.89. The van der Waals surface area contributed by atoms with Gasteiger partial charge in [-0.1, -0.05) is 18.2 Å². The highest BCUT2D eigenvalue weighted by molar-refractivity contribution is 7.09. The Morgan fingerprint density at radius 3 is 2.62 bits per heavy atom. The zero-order chi connectivity index (χ0) is 20.4. The number of halogens is 2. The maximum absolute atomic E-state index is 13.9. The smallest absolute Gasteiger partial charge is 0.159 e. The first-order chi connectivity index (χ1) is 14.0. The molecule has 0 aliphatic carbocycles. The predicted octanol–water partition coefficient (Wildman–Crippen LogP) is 4.95. The van der Waals surface area contributed by atoms with Gasteiger partial charge in [0.25, 0.3) is 0 Å².